The molecule has 0 spiro atoms. The van der Waals surface area contributed by atoms with Crippen molar-refractivity contribution < 1.29 is 22.6 Å². The highest BCUT2D eigenvalue weighted by atomic mass is 32.2. The smallest absolute Gasteiger partial charge is 0.285 e. The molecule has 2 aliphatic rings. The molecule has 0 N–H and O–H groups in total. The summed E-state index contributed by atoms with van der Waals surface area (Å²) in [5.74, 6) is 2.81. The molecule has 0 atom stereocenters. The van der Waals surface area contributed by atoms with Crippen molar-refractivity contribution in [1.82, 2.24) is 9.80 Å². The molecule has 1 saturated heterocycles. The first-order valence-corrected chi connectivity index (χ1v) is 13.6. The van der Waals surface area contributed by atoms with E-state index in [2.05, 4.69) is 28.0 Å². The Morgan fingerprint density at radius 3 is 2.08 bits per heavy atom. The van der Waals surface area contributed by atoms with Gasteiger partial charge in [0.15, 0.2) is 11.5 Å². The number of benzene rings is 2. The minimum Gasteiger partial charge on any atom is -0.493 e. The third kappa shape index (κ3) is 4.95. The molecule has 0 bridgehead atoms. The first-order valence-electron chi connectivity index (χ1n) is 12.1. The topological polar surface area (TPSA) is 80.7 Å². The van der Waals surface area contributed by atoms with E-state index in [9.17, 15) is 8.42 Å². The molecule has 36 heavy (non-hydrogen) atoms. The third-order valence-electron chi connectivity index (χ3n) is 6.83. The van der Waals surface area contributed by atoms with Gasteiger partial charge in [-0.3, -0.25) is 4.90 Å². The molecule has 0 unspecified atom stereocenters. The molecule has 0 radical (unpaired) electrons. The number of nitrogens with zero attached hydrogens (tertiary/aromatic N) is 3. The first-order chi connectivity index (χ1) is 17.2. The summed E-state index contributed by atoms with van der Waals surface area (Å²) < 4.78 is 46.8. The summed E-state index contributed by atoms with van der Waals surface area (Å²) in [5, 5.41) is 0. The van der Waals surface area contributed by atoms with Crippen molar-refractivity contribution in [2.24, 2.45) is 4.40 Å². The molecule has 4 rings (SSSR count). The van der Waals surface area contributed by atoms with Gasteiger partial charge in [0.05, 0.1) is 21.3 Å². The maximum Gasteiger partial charge on any atom is 0.285 e. The van der Waals surface area contributed by atoms with Crippen LogP contribution < -0.4 is 14.2 Å². The van der Waals surface area contributed by atoms with Crippen molar-refractivity contribution in [2.45, 2.75) is 33.2 Å². The zero-order chi connectivity index (χ0) is 26.0. The van der Waals surface area contributed by atoms with Gasteiger partial charge in [-0.25, -0.2) is 0 Å². The van der Waals surface area contributed by atoms with Gasteiger partial charge in [0.25, 0.3) is 10.0 Å². The Bertz CT molecular complexity index is 1280. The van der Waals surface area contributed by atoms with Crippen LogP contribution in [0.2, 0.25) is 0 Å². The Labute approximate surface area is 214 Å². The second kappa shape index (κ2) is 10.5. The number of sulfonamides is 1. The standard InChI is InChI=1S/C27H35N3O5S/c1-18(2)20-7-9-21(10-8-20)26-19(3)27(28-36(26,31)32)30-15-13-29(14-16-30)17-22-11-12-23(33-4)25(35-6)24(22)34-5/h7-12,18H,13-17H2,1-6H3. The highest BCUT2D eigenvalue weighted by molar-refractivity contribution is 8.00. The predicted molar refractivity (Wildman–Crippen MR) is 142 cm³/mol. The molecule has 0 aromatic heterocycles. The van der Waals surface area contributed by atoms with Crippen LogP contribution in [-0.4, -0.2) is 71.6 Å². The van der Waals surface area contributed by atoms with E-state index in [-0.39, 0.29) is 0 Å². The molecule has 9 heteroatoms. The van der Waals surface area contributed by atoms with Crippen LogP contribution in [0.5, 0.6) is 17.2 Å². The molecule has 2 aromatic rings. The minimum atomic E-state index is -3.74. The third-order valence-corrected chi connectivity index (χ3v) is 8.30. The highest BCUT2D eigenvalue weighted by Gasteiger charge is 2.34. The zero-order valence-electron chi connectivity index (χ0n) is 21.9. The Balaban J connectivity index is 1.49. The van der Waals surface area contributed by atoms with Gasteiger partial charge < -0.3 is 19.1 Å². The monoisotopic (exact) mass is 513 g/mol. The van der Waals surface area contributed by atoms with Gasteiger partial charge in [-0.1, -0.05) is 44.2 Å². The van der Waals surface area contributed by atoms with Gasteiger partial charge in [-0.2, -0.15) is 8.42 Å². The van der Waals surface area contributed by atoms with Crippen molar-refractivity contribution in [3.63, 3.8) is 0 Å². The summed E-state index contributed by atoms with van der Waals surface area (Å²) in [4.78, 5) is 4.70. The Morgan fingerprint density at radius 1 is 0.889 bits per heavy atom. The molecule has 0 aliphatic carbocycles. The maximum atomic E-state index is 13.0. The van der Waals surface area contributed by atoms with Gasteiger partial charge in [0.2, 0.25) is 5.75 Å². The summed E-state index contributed by atoms with van der Waals surface area (Å²) >= 11 is 0. The van der Waals surface area contributed by atoms with Crippen molar-refractivity contribution in [1.29, 1.82) is 0 Å². The van der Waals surface area contributed by atoms with Gasteiger partial charge >= 0.3 is 0 Å². The minimum absolute atomic E-state index is 0.310. The SMILES string of the molecule is COc1ccc(CN2CCN(C3=NS(=O)(=O)C(c4ccc(C(C)C)cc4)=C3C)CC2)c(OC)c1OC. The molecule has 0 saturated carbocycles. The lowest BCUT2D eigenvalue weighted by atomic mass is 10.0. The molecule has 0 amide bonds. The lowest BCUT2D eigenvalue weighted by molar-refractivity contribution is 0.174. The van der Waals surface area contributed by atoms with Crippen LogP contribution in [0.1, 0.15) is 43.4 Å². The van der Waals surface area contributed by atoms with E-state index in [1.807, 2.05) is 43.3 Å². The van der Waals surface area contributed by atoms with E-state index < -0.39 is 10.0 Å². The largest absolute Gasteiger partial charge is 0.493 e. The number of ether oxygens (including phenoxy) is 3. The van der Waals surface area contributed by atoms with Crippen LogP contribution in [0.25, 0.3) is 4.91 Å². The normalized spacial score (nSPS) is 18.0. The molecular formula is C27H35N3O5S. The van der Waals surface area contributed by atoms with Gasteiger partial charge in [-0.15, -0.1) is 4.40 Å². The number of piperazine rings is 1. The predicted octanol–water partition coefficient (Wildman–Crippen LogP) is 4.13. The summed E-state index contributed by atoms with van der Waals surface area (Å²) in [6, 6.07) is 11.6. The second-order valence-corrected chi connectivity index (χ2v) is 10.9. The van der Waals surface area contributed by atoms with Crippen LogP contribution in [0.4, 0.5) is 0 Å². The molecule has 2 aliphatic heterocycles. The summed E-state index contributed by atoms with van der Waals surface area (Å²) in [7, 11) is 1.09. The van der Waals surface area contributed by atoms with Gasteiger partial charge in [0, 0.05) is 43.9 Å². The summed E-state index contributed by atoms with van der Waals surface area (Å²) in [6.45, 7) is 9.68. The molecule has 1 fully saturated rings. The fourth-order valence-electron chi connectivity index (χ4n) is 4.85. The highest BCUT2D eigenvalue weighted by Crippen LogP contribution is 2.40. The molecule has 2 heterocycles. The molecule has 194 valence electrons. The lowest BCUT2D eigenvalue weighted by Gasteiger charge is -2.36. The zero-order valence-corrected chi connectivity index (χ0v) is 22.7. The van der Waals surface area contributed by atoms with Gasteiger partial charge in [0.1, 0.15) is 10.7 Å². The number of hydrogen-bond acceptors (Lipinski definition) is 7. The average molecular weight is 514 g/mol. The second-order valence-electron chi connectivity index (χ2n) is 9.38. The number of rotatable bonds is 7. The summed E-state index contributed by atoms with van der Waals surface area (Å²) in [5.41, 5.74) is 3.58. The van der Waals surface area contributed by atoms with Crippen LogP contribution in [0.15, 0.2) is 46.4 Å². The number of amidine groups is 1. The van der Waals surface area contributed by atoms with E-state index in [4.69, 9.17) is 14.2 Å². The Hall–Kier alpha value is -3.04. The van der Waals surface area contributed by atoms with E-state index in [1.54, 1.807) is 21.3 Å². The average Bonchev–Trinajstić information content (AvgIpc) is 3.12. The van der Waals surface area contributed by atoms with E-state index >= 15 is 0 Å². The fraction of sp³-hybridized carbons (Fsp3) is 0.444. The molecule has 8 nitrogen and oxygen atoms in total. The van der Waals surface area contributed by atoms with Crippen molar-refractivity contribution in [3.8, 4) is 17.2 Å². The Kier molecular flexibility index (Phi) is 7.61. The first kappa shape index (κ1) is 26.0. The number of methoxy groups -OCH3 is 3. The van der Waals surface area contributed by atoms with Crippen molar-refractivity contribution in [3.05, 3.63) is 58.7 Å². The summed E-state index contributed by atoms with van der Waals surface area (Å²) in [6.07, 6.45) is 0. The van der Waals surface area contributed by atoms with E-state index in [0.29, 0.717) is 64.7 Å². The molecule has 2 aromatic carbocycles. The molecular weight excluding hydrogens is 478 g/mol. The number of hydrogen-bond donors (Lipinski definition) is 0. The van der Waals surface area contributed by atoms with Crippen molar-refractivity contribution >= 4 is 20.8 Å². The fourth-order valence-corrected chi connectivity index (χ4v) is 6.33. The van der Waals surface area contributed by atoms with E-state index in [1.165, 1.54) is 5.56 Å². The van der Waals surface area contributed by atoms with Crippen LogP contribution >= 0.6 is 0 Å². The van der Waals surface area contributed by atoms with Crippen LogP contribution in [0.3, 0.4) is 0 Å². The maximum absolute atomic E-state index is 13.0. The Morgan fingerprint density at radius 2 is 1.53 bits per heavy atom. The quantitative estimate of drug-likeness (QED) is 0.551. The van der Waals surface area contributed by atoms with Crippen molar-refractivity contribution in [2.75, 3.05) is 47.5 Å². The van der Waals surface area contributed by atoms with E-state index in [0.717, 1.165) is 18.7 Å². The van der Waals surface area contributed by atoms with Crippen LogP contribution in [0, 0.1) is 0 Å². The van der Waals surface area contributed by atoms with Crippen LogP contribution in [-0.2, 0) is 16.6 Å². The lowest BCUT2D eigenvalue weighted by Crippen LogP contribution is -2.48. The van der Waals surface area contributed by atoms with Gasteiger partial charge in [-0.05, 0) is 30.0 Å².